The molecular formula is C20H24N4O. The van der Waals surface area contributed by atoms with E-state index in [0.29, 0.717) is 12.5 Å². The minimum Gasteiger partial charge on any atom is -0.492 e. The summed E-state index contributed by atoms with van der Waals surface area (Å²) in [6.45, 7) is 9.89. The normalized spacial score (nSPS) is 14.4. The highest BCUT2D eigenvalue weighted by Crippen LogP contribution is 2.29. The fraction of sp³-hybridized carbons (Fsp3) is 0.400. The summed E-state index contributed by atoms with van der Waals surface area (Å²) >= 11 is 0. The number of nitrogens with zero attached hydrogens (tertiary/aromatic N) is 3. The fourth-order valence-electron chi connectivity index (χ4n) is 3.37. The van der Waals surface area contributed by atoms with Crippen LogP contribution in [-0.4, -0.2) is 27.7 Å². The maximum atomic E-state index is 5.78. The molecule has 5 nitrogen and oxygen atoms in total. The summed E-state index contributed by atoms with van der Waals surface area (Å²) in [6.07, 6.45) is 1.92. The molecule has 0 atom stereocenters. The fourth-order valence-corrected chi connectivity index (χ4v) is 3.37. The van der Waals surface area contributed by atoms with Crippen molar-refractivity contribution < 1.29 is 4.74 Å². The molecule has 0 spiro atoms. The van der Waals surface area contributed by atoms with E-state index in [2.05, 4.69) is 64.9 Å². The standard InChI is InChI=1S/C20H24N4O/c1-13(2)12-24-14(3)23-20-18(24)9-16(11-22-20)15-4-5-19-17(8-15)10-21-6-7-25-19/h4-5,8-9,11,13,21H,6-7,10,12H2,1-3H3. The van der Waals surface area contributed by atoms with Gasteiger partial charge in [-0.3, -0.25) is 0 Å². The highest BCUT2D eigenvalue weighted by atomic mass is 16.5. The summed E-state index contributed by atoms with van der Waals surface area (Å²) in [7, 11) is 0. The number of ether oxygens (including phenoxy) is 1. The van der Waals surface area contributed by atoms with Crippen LogP contribution in [0.15, 0.2) is 30.5 Å². The molecule has 1 aliphatic rings. The van der Waals surface area contributed by atoms with Crippen LogP contribution in [0.1, 0.15) is 25.2 Å². The smallest absolute Gasteiger partial charge is 0.177 e. The Morgan fingerprint density at radius 1 is 1.24 bits per heavy atom. The summed E-state index contributed by atoms with van der Waals surface area (Å²) in [5.74, 6) is 2.56. The predicted molar refractivity (Wildman–Crippen MR) is 99.7 cm³/mol. The number of fused-ring (bicyclic) bond motifs is 2. The molecule has 0 saturated carbocycles. The van der Waals surface area contributed by atoms with E-state index in [1.807, 2.05) is 6.20 Å². The molecule has 0 saturated heterocycles. The molecule has 5 heteroatoms. The van der Waals surface area contributed by atoms with Crippen LogP contribution < -0.4 is 10.1 Å². The summed E-state index contributed by atoms with van der Waals surface area (Å²) in [5, 5.41) is 3.39. The molecular weight excluding hydrogens is 312 g/mol. The van der Waals surface area contributed by atoms with Crippen molar-refractivity contribution in [3.63, 3.8) is 0 Å². The zero-order valence-electron chi connectivity index (χ0n) is 15.0. The third-order valence-corrected chi connectivity index (χ3v) is 4.59. The van der Waals surface area contributed by atoms with E-state index < -0.39 is 0 Å². The van der Waals surface area contributed by atoms with Gasteiger partial charge in [0.25, 0.3) is 0 Å². The first kappa shape index (κ1) is 16.1. The van der Waals surface area contributed by atoms with Gasteiger partial charge in [0.15, 0.2) is 5.65 Å². The van der Waals surface area contributed by atoms with Gasteiger partial charge in [0.1, 0.15) is 18.2 Å². The van der Waals surface area contributed by atoms with Crippen molar-refractivity contribution in [3.8, 4) is 16.9 Å². The number of pyridine rings is 1. The van der Waals surface area contributed by atoms with E-state index in [1.165, 1.54) is 5.56 Å². The van der Waals surface area contributed by atoms with Crippen molar-refractivity contribution >= 4 is 11.2 Å². The van der Waals surface area contributed by atoms with Gasteiger partial charge in [0, 0.05) is 37.0 Å². The molecule has 3 aromatic rings. The van der Waals surface area contributed by atoms with E-state index in [-0.39, 0.29) is 0 Å². The van der Waals surface area contributed by atoms with Crippen LogP contribution in [0.3, 0.4) is 0 Å². The van der Waals surface area contributed by atoms with Crippen LogP contribution in [0, 0.1) is 12.8 Å². The molecule has 1 aliphatic heterocycles. The topological polar surface area (TPSA) is 52.0 Å². The highest BCUT2D eigenvalue weighted by Gasteiger charge is 2.13. The van der Waals surface area contributed by atoms with Crippen LogP contribution in [0.2, 0.25) is 0 Å². The number of hydrogen-bond donors (Lipinski definition) is 1. The first-order chi connectivity index (χ1) is 12.1. The average Bonchev–Trinajstić information content (AvgIpc) is 2.77. The van der Waals surface area contributed by atoms with Gasteiger partial charge < -0.3 is 14.6 Å². The van der Waals surface area contributed by atoms with Crippen LogP contribution in [0.4, 0.5) is 0 Å². The SMILES string of the molecule is Cc1nc2ncc(-c3ccc4c(c3)CNCCO4)cc2n1CC(C)C. The number of nitrogens with one attached hydrogen (secondary N) is 1. The molecule has 3 heterocycles. The first-order valence-electron chi connectivity index (χ1n) is 8.91. The van der Waals surface area contributed by atoms with E-state index in [0.717, 1.165) is 53.5 Å². The molecule has 25 heavy (non-hydrogen) atoms. The zero-order valence-corrected chi connectivity index (χ0v) is 15.0. The summed E-state index contributed by atoms with van der Waals surface area (Å²) in [4.78, 5) is 9.20. The Kier molecular flexibility index (Phi) is 4.17. The van der Waals surface area contributed by atoms with E-state index in [1.54, 1.807) is 0 Å². The minimum atomic E-state index is 0.565. The van der Waals surface area contributed by atoms with Gasteiger partial charge in [-0.1, -0.05) is 19.9 Å². The van der Waals surface area contributed by atoms with Gasteiger partial charge in [-0.05, 0) is 36.6 Å². The molecule has 0 unspecified atom stereocenters. The van der Waals surface area contributed by atoms with Gasteiger partial charge in [0.2, 0.25) is 0 Å². The molecule has 2 aromatic heterocycles. The first-order valence-corrected chi connectivity index (χ1v) is 8.91. The molecule has 1 N–H and O–H groups in total. The Labute approximate surface area is 148 Å². The average molecular weight is 336 g/mol. The van der Waals surface area contributed by atoms with Crippen LogP contribution in [-0.2, 0) is 13.1 Å². The van der Waals surface area contributed by atoms with Gasteiger partial charge in [0.05, 0.1) is 5.52 Å². The zero-order chi connectivity index (χ0) is 17.4. The summed E-state index contributed by atoms with van der Waals surface area (Å²) < 4.78 is 8.05. The molecule has 0 fully saturated rings. The summed E-state index contributed by atoms with van der Waals surface area (Å²) in [6, 6.07) is 8.59. The number of benzene rings is 1. The lowest BCUT2D eigenvalue weighted by molar-refractivity contribution is 0.326. The van der Waals surface area contributed by atoms with Crippen molar-refractivity contribution in [2.75, 3.05) is 13.2 Å². The van der Waals surface area contributed by atoms with Crippen molar-refractivity contribution in [3.05, 3.63) is 41.9 Å². The van der Waals surface area contributed by atoms with Gasteiger partial charge in [-0.25, -0.2) is 9.97 Å². The third-order valence-electron chi connectivity index (χ3n) is 4.59. The van der Waals surface area contributed by atoms with Crippen LogP contribution in [0.5, 0.6) is 5.75 Å². The number of aryl methyl sites for hydroxylation is 1. The number of aromatic nitrogens is 3. The highest BCUT2D eigenvalue weighted by molar-refractivity contribution is 5.79. The van der Waals surface area contributed by atoms with Crippen molar-refractivity contribution in [2.45, 2.75) is 33.9 Å². The maximum absolute atomic E-state index is 5.78. The van der Waals surface area contributed by atoms with Gasteiger partial charge in [-0.15, -0.1) is 0 Å². The van der Waals surface area contributed by atoms with Gasteiger partial charge >= 0.3 is 0 Å². The predicted octanol–water partition coefficient (Wildman–Crippen LogP) is 3.54. The minimum absolute atomic E-state index is 0.565. The molecule has 1 aromatic carbocycles. The summed E-state index contributed by atoms with van der Waals surface area (Å²) in [5.41, 5.74) is 5.40. The van der Waals surface area contributed by atoms with Crippen molar-refractivity contribution in [1.29, 1.82) is 0 Å². The number of hydrogen-bond acceptors (Lipinski definition) is 4. The Hall–Kier alpha value is -2.40. The Balaban J connectivity index is 1.78. The largest absolute Gasteiger partial charge is 0.492 e. The second kappa shape index (κ2) is 6.48. The lowest BCUT2D eigenvalue weighted by atomic mass is 10.0. The molecule has 0 amide bonds. The maximum Gasteiger partial charge on any atom is 0.177 e. The Bertz CT molecular complexity index is 913. The number of imidazole rings is 1. The molecule has 4 rings (SSSR count). The van der Waals surface area contributed by atoms with Crippen LogP contribution in [0.25, 0.3) is 22.3 Å². The lowest BCUT2D eigenvalue weighted by Gasteiger charge is -2.11. The molecule has 130 valence electrons. The van der Waals surface area contributed by atoms with Gasteiger partial charge in [-0.2, -0.15) is 0 Å². The second-order valence-corrected chi connectivity index (χ2v) is 7.08. The van der Waals surface area contributed by atoms with Crippen molar-refractivity contribution in [1.82, 2.24) is 19.9 Å². The van der Waals surface area contributed by atoms with Crippen LogP contribution >= 0.6 is 0 Å². The van der Waals surface area contributed by atoms with E-state index in [4.69, 9.17) is 4.74 Å². The molecule has 0 aliphatic carbocycles. The lowest BCUT2D eigenvalue weighted by Crippen LogP contribution is -2.16. The van der Waals surface area contributed by atoms with E-state index >= 15 is 0 Å². The molecule has 0 bridgehead atoms. The number of rotatable bonds is 3. The monoisotopic (exact) mass is 336 g/mol. The Morgan fingerprint density at radius 3 is 2.96 bits per heavy atom. The van der Waals surface area contributed by atoms with Crippen molar-refractivity contribution in [2.24, 2.45) is 5.92 Å². The Morgan fingerprint density at radius 2 is 2.12 bits per heavy atom. The quantitative estimate of drug-likeness (QED) is 0.795. The second-order valence-electron chi connectivity index (χ2n) is 7.08. The third kappa shape index (κ3) is 3.12. The molecule has 0 radical (unpaired) electrons. The van der Waals surface area contributed by atoms with E-state index in [9.17, 15) is 0 Å².